The van der Waals surface area contributed by atoms with Gasteiger partial charge in [0.15, 0.2) is 0 Å². The maximum absolute atomic E-state index is 12.5. The fraction of sp³-hybridized carbons (Fsp3) is 0.367. The van der Waals surface area contributed by atoms with Crippen LogP contribution in [0.25, 0.3) is 0 Å². The molecule has 1 saturated heterocycles. The summed E-state index contributed by atoms with van der Waals surface area (Å²) in [6.07, 6.45) is 1.58. The molecule has 4 atom stereocenters. The molecule has 2 aliphatic heterocycles. The number of carbonyl (C=O) groups is 1. The summed E-state index contributed by atoms with van der Waals surface area (Å²) < 4.78 is 19.8. The molecular formula is C30H31BrO4. The molecular weight excluding hydrogens is 504 g/mol. The SMILES string of the molecule is CCOC(=O)c1ccc2c(c1)[C@H]1O[C@H](Cc3ccccc3)[C@@H](c3ccc(Br)cc3)C[C@@H]1C(C)(C)O2. The second-order valence-electron chi connectivity index (χ2n) is 9.96. The van der Waals surface area contributed by atoms with Crippen molar-refractivity contribution in [1.29, 1.82) is 0 Å². The number of benzene rings is 3. The predicted molar refractivity (Wildman–Crippen MR) is 140 cm³/mol. The van der Waals surface area contributed by atoms with E-state index in [0.717, 1.165) is 28.6 Å². The van der Waals surface area contributed by atoms with Gasteiger partial charge in [0, 0.05) is 21.9 Å². The largest absolute Gasteiger partial charge is 0.487 e. The van der Waals surface area contributed by atoms with Crippen LogP contribution < -0.4 is 4.74 Å². The van der Waals surface area contributed by atoms with Gasteiger partial charge < -0.3 is 14.2 Å². The molecule has 5 rings (SSSR count). The van der Waals surface area contributed by atoms with E-state index < -0.39 is 5.60 Å². The van der Waals surface area contributed by atoms with Gasteiger partial charge in [-0.05, 0) is 75.1 Å². The maximum Gasteiger partial charge on any atom is 0.338 e. The molecule has 2 aliphatic rings. The molecule has 0 aromatic heterocycles. The summed E-state index contributed by atoms with van der Waals surface area (Å²) in [6, 6.07) is 24.7. The molecule has 4 nitrogen and oxygen atoms in total. The van der Waals surface area contributed by atoms with Crippen molar-refractivity contribution in [2.45, 2.75) is 57.3 Å². The summed E-state index contributed by atoms with van der Waals surface area (Å²) in [6.45, 7) is 6.45. The summed E-state index contributed by atoms with van der Waals surface area (Å²) in [7, 11) is 0. The van der Waals surface area contributed by atoms with Crippen molar-refractivity contribution in [2.75, 3.05) is 6.61 Å². The molecule has 5 heteroatoms. The Balaban J connectivity index is 1.55. The molecule has 182 valence electrons. The van der Waals surface area contributed by atoms with Gasteiger partial charge in [-0.15, -0.1) is 0 Å². The van der Waals surface area contributed by atoms with E-state index in [1.165, 1.54) is 11.1 Å². The minimum atomic E-state index is -0.408. The monoisotopic (exact) mass is 534 g/mol. The van der Waals surface area contributed by atoms with Crippen LogP contribution in [-0.2, 0) is 15.9 Å². The number of esters is 1. The fourth-order valence-corrected chi connectivity index (χ4v) is 5.79. The highest BCUT2D eigenvalue weighted by Gasteiger charge is 2.50. The van der Waals surface area contributed by atoms with E-state index in [9.17, 15) is 4.79 Å². The Hall–Kier alpha value is -2.63. The van der Waals surface area contributed by atoms with Crippen LogP contribution >= 0.6 is 15.9 Å². The van der Waals surface area contributed by atoms with Crippen molar-refractivity contribution in [3.63, 3.8) is 0 Å². The van der Waals surface area contributed by atoms with E-state index in [2.05, 4.69) is 78.3 Å². The number of halogens is 1. The molecule has 0 saturated carbocycles. The van der Waals surface area contributed by atoms with Gasteiger partial charge in [0.05, 0.1) is 24.4 Å². The molecule has 0 spiro atoms. The van der Waals surface area contributed by atoms with Crippen molar-refractivity contribution in [3.05, 3.63) is 99.5 Å². The zero-order valence-electron chi connectivity index (χ0n) is 20.4. The van der Waals surface area contributed by atoms with Gasteiger partial charge in [-0.1, -0.05) is 58.4 Å². The number of ether oxygens (including phenoxy) is 3. The van der Waals surface area contributed by atoms with E-state index in [-0.39, 0.29) is 30.0 Å². The van der Waals surface area contributed by atoms with Crippen LogP contribution in [0.4, 0.5) is 0 Å². The Kier molecular flexibility index (Phi) is 6.73. The first-order valence-electron chi connectivity index (χ1n) is 12.3. The molecule has 3 aromatic rings. The molecule has 0 N–H and O–H groups in total. The van der Waals surface area contributed by atoms with Crippen LogP contribution in [0.5, 0.6) is 5.75 Å². The van der Waals surface area contributed by atoms with E-state index in [4.69, 9.17) is 14.2 Å². The zero-order valence-corrected chi connectivity index (χ0v) is 22.0. The summed E-state index contributed by atoms with van der Waals surface area (Å²) in [5.74, 6) is 0.821. The minimum absolute atomic E-state index is 0.00664. The van der Waals surface area contributed by atoms with E-state index in [1.54, 1.807) is 6.07 Å². The number of rotatable bonds is 5. The number of carbonyl (C=O) groups excluding carboxylic acids is 1. The fourth-order valence-electron chi connectivity index (χ4n) is 5.53. The Morgan fingerprint density at radius 3 is 2.51 bits per heavy atom. The van der Waals surface area contributed by atoms with Crippen LogP contribution in [0.3, 0.4) is 0 Å². The second-order valence-corrected chi connectivity index (χ2v) is 10.9. The van der Waals surface area contributed by atoms with Gasteiger partial charge in [0.25, 0.3) is 0 Å². The minimum Gasteiger partial charge on any atom is -0.487 e. The molecule has 1 fully saturated rings. The van der Waals surface area contributed by atoms with Crippen molar-refractivity contribution in [1.82, 2.24) is 0 Å². The Bertz CT molecular complexity index is 1190. The Labute approximate surface area is 215 Å². The number of hydrogen-bond donors (Lipinski definition) is 0. The summed E-state index contributed by atoms with van der Waals surface area (Å²) in [4.78, 5) is 12.5. The third kappa shape index (κ3) is 4.89. The lowest BCUT2D eigenvalue weighted by molar-refractivity contribution is -0.158. The highest BCUT2D eigenvalue weighted by atomic mass is 79.9. The molecule has 0 amide bonds. The third-order valence-electron chi connectivity index (χ3n) is 7.31. The van der Waals surface area contributed by atoms with Gasteiger partial charge in [-0.2, -0.15) is 0 Å². The van der Waals surface area contributed by atoms with E-state index >= 15 is 0 Å². The lowest BCUT2D eigenvalue weighted by Gasteiger charge is -2.51. The Morgan fingerprint density at radius 1 is 1.06 bits per heavy atom. The number of hydrogen-bond acceptors (Lipinski definition) is 4. The van der Waals surface area contributed by atoms with E-state index in [0.29, 0.717) is 12.2 Å². The van der Waals surface area contributed by atoms with Gasteiger partial charge in [-0.3, -0.25) is 0 Å². The molecule has 0 aliphatic carbocycles. The highest BCUT2D eigenvalue weighted by Crippen LogP contribution is 2.54. The summed E-state index contributed by atoms with van der Waals surface area (Å²) in [5.41, 5.74) is 3.59. The van der Waals surface area contributed by atoms with Crippen molar-refractivity contribution in [2.24, 2.45) is 5.92 Å². The lowest BCUT2D eigenvalue weighted by atomic mass is 9.69. The number of fused-ring (bicyclic) bond motifs is 3. The molecule has 2 heterocycles. The van der Waals surface area contributed by atoms with E-state index in [1.807, 2.05) is 25.1 Å². The van der Waals surface area contributed by atoms with Crippen LogP contribution in [0.15, 0.2) is 77.3 Å². The third-order valence-corrected chi connectivity index (χ3v) is 7.84. The lowest BCUT2D eigenvalue weighted by Crippen LogP contribution is -2.51. The van der Waals surface area contributed by atoms with Crippen LogP contribution in [-0.4, -0.2) is 24.3 Å². The highest BCUT2D eigenvalue weighted by molar-refractivity contribution is 9.10. The van der Waals surface area contributed by atoms with Crippen molar-refractivity contribution in [3.8, 4) is 5.75 Å². The van der Waals surface area contributed by atoms with Crippen LogP contribution in [0.2, 0.25) is 0 Å². The molecule has 35 heavy (non-hydrogen) atoms. The molecule has 0 unspecified atom stereocenters. The van der Waals surface area contributed by atoms with Gasteiger partial charge >= 0.3 is 5.97 Å². The standard InChI is InChI=1S/C30H31BrO4/c1-4-33-29(32)21-12-15-26-24(17-21)28-25(30(2,3)35-26)18-23(20-10-13-22(31)14-11-20)27(34-28)16-19-8-6-5-7-9-19/h5-15,17,23,25,27-28H,4,16,18H2,1-3H3/t23-,25+,27-,28-/m1/s1. The first kappa shape index (κ1) is 24.1. The second kappa shape index (κ2) is 9.79. The van der Waals surface area contributed by atoms with Gasteiger partial charge in [-0.25, -0.2) is 4.79 Å². The molecule has 0 radical (unpaired) electrons. The quantitative estimate of drug-likeness (QED) is 0.323. The normalized spacial score (nSPS) is 24.6. The maximum atomic E-state index is 12.5. The zero-order chi connectivity index (χ0) is 24.6. The average molecular weight is 535 g/mol. The average Bonchev–Trinajstić information content (AvgIpc) is 2.85. The van der Waals surface area contributed by atoms with Crippen molar-refractivity contribution >= 4 is 21.9 Å². The molecule has 0 bridgehead atoms. The van der Waals surface area contributed by atoms with Crippen molar-refractivity contribution < 1.29 is 19.0 Å². The first-order chi connectivity index (χ1) is 16.9. The smallest absolute Gasteiger partial charge is 0.338 e. The van der Waals surface area contributed by atoms with Crippen LogP contribution in [0.1, 0.15) is 66.3 Å². The van der Waals surface area contributed by atoms with Gasteiger partial charge in [0.1, 0.15) is 11.4 Å². The molecule has 3 aromatic carbocycles. The topological polar surface area (TPSA) is 44.8 Å². The predicted octanol–water partition coefficient (Wildman–Crippen LogP) is 7.27. The Morgan fingerprint density at radius 2 is 1.80 bits per heavy atom. The van der Waals surface area contributed by atoms with Crippen LogP contribution in [0, 0.1) is 5.92 Å². The summed E-state index contributed by atoms with van der Waals surface area (Å²) >= 11 is 3.57. The van der Waals surface area contributed by atoms with Gasteiger partial charge in [0.2, 0.25) is 0 Å². The first-order valence-corrected chi connectivity index (χ1v) is 13.1. The summed E-state index contributed by atoms with van der Waals surface area (Å²) in [5, 5.41) is 0.